The van der Waals surface area contributed by atoms with Crippen molar-refractivity contribution in [2.45, 2.75) is 6.92 Å². The van der Waals surface area contributed by atoms with Gasteiger partial charge in [0, 0.05) is 5.75 Å². The average Bonchev–Trinajstić information content (AvgIpc) is 2.96. The van der Waals surface area contributed by atoms with Crippen LogP contribution in [0.25, 0.3) is 18.2 Å². The third kappa shape index (κ3) is 8.21. The molecular weight excluding hydrogens is 379 g/mol. The van der Waals surface area contributed by atoms with Gasteiger partial charge >= 0.3 is 40.0 Å². The Balaban J connectivity index is 0.000000213. The van der Waals surface area contributed by atoms with E-state index in [1.54, 1.807) is 12.2 Å². The topological polar surface area (TPSA) is 101 Å². The van der Waals surface area contributed by atoms with Gasteiger partial charge in [0.05, 0.1) is 6.61 Å². The summed E-state index contributed by atoms with van der Waals surface area (Å²) in [5, 5.41) is 2.13. The summed E-state index contributed by atoms with van der Waals surface area (Å²) in [7, 11) is -4.67. The summed E-state index contributed by atoms with van der Waals surface area (Å²) < 4.78 is 36.9. The van der Waals surface area contributed by atoms with Gasteiger partial charge in [-0.15, -0.1) is 6.07 Å². The summed E-state index contributed by atoms with van der Waals surface area (Å²) in [5.74, 6) is 1.04. The average molecular weight is 396 g/mol. The Labute approximate surface area is 179 Å². The van der Waals surface area contributed by atoms with Crippen LogP contribution < -0.4 is 44.7 Å². The predicted octanol–water partition coefficient (Wildman–Crippen LogP) is -1.62. The van der Waals surface area contributed by atoms with Gasteiger partial charge < -0.3 is 4.74 Å². The fourth-order valence-electron chi connectivity index (χ4n) is 2.37. The van der Waals surface area contributed by atoms with Crippen LogP contribution in [-0.2, 0) is 15.2 Å². The van der Waals surface area contributed by atoms with Crippen LogP contribution in [0.1, 0.15) is 11.1 Å². The fraction of sp³-hybridized carbons (Fsp3) is 0.105. The fourth-order valence-corrected chi connectivity index (χ4v) is 2.37. The Morgan fingerprint density at radius 2 is 1.85 bits per heavy atom. The summed E-state index contributed by atoms with van der Waals surface area (Å²) >= 11 is 0. The van der Waals surface area contributed by atoms with E-state index in [1.807, 2.05) is 49.4 Å². The number of fused-ring (bicyclic) bond motifs is 2. The number of ketones is 1. The standard InChI is InChI=1S/C10H8O.C9H7O.Na.H2O4S/c1-7-3-2-4-8-5-9(11)6-10(7)8;1-2-6-9-8(4-1)5-3-7-10-9;;1-5(2,3)4/h2-6H,1H3;1,3-6H,7H2;;(H2,1,2,3,4)/q;-1;+1;. The Morgan fingerprint density at radius 3 is 2.48 bits per heavy atom. The number of rotatable bonds is 0. The van der Waals surface area contributed by atoms with Crippen LogP contribution in [0.2, 0.25) is 0 Å². The van der Waals surface area contributed by atoms with Crippen LogP contribution in [0.5, 0.6) is 5.75 Å². The van der Waals surface area contributed by atoms with Crippen molar-refractivity contribution in [2.75, 3.05) is 6.61 Å². The second-order valence-corrected chi connectivity index (χ2v) is 6.29. The predicted molar refractivity (Wildman–Crippen MR) is 98.4 cm³/mol. The number of hydrogen-bond donors (Lipinski definition) is 2. The largest absolute Gasteiger partial charge is 1.00 e. The molecule has 2 aromatic rings. The van der Waals surface area contributed by atoms with E-state index in [4.69, 9.17) is 22.3 Å². The molecule has 2 aromatic carbocycles. The Bertz CT molecular complexity index is 1050. The van der Waals surface area contributed by atoms with Gasteiger partial charge in [-0.1, -0.05) is 35.9 Å². The van der Waals surface area contributed by atoms with E-state index in [0.717, 1.165) is 21.8 Å². The molecule has 6 nitrogen and oxygen atoms in total. The Hall–Kier alpha value is -1.74. The number of Topliss-reactive ketones (excluding diaryl/α,β-unsaturated/α-hetero) is 1. The minimum atomic E-state index is -4.67. The zero-order chi connectivity index (χ0) is 19.2. The van der Waals surface area contributed by atoms with Crippen molar-refractivity contribution < 1.29 is 56.6 Å². The molecule has 0 atom stereocenters. The van der Waals surface area contributed by atoms with E-state index < -0.39 is 10.4 Å². The van der Waals surface area contributed by atoms with Crippen molar-refractivity contribution in [1.29, 1.82) is 0 Å². The zero-order valence-electron chi connectivity index (χ0n) is 14.9. The number of benzene rings is 2. The first-order valence-corrected chi connectivity index (χ1v) is 8.96. The first-order chi connectivity index (χ1) is 12.2. The van der Waals surface area contributed by atoms with Crippen LogP contribution in [0.4, 0.5) is 0 Å². The molecule has 4 rings (SSSR count). The molecule has 0 fully saturated rings. The van der Waals surface area contributed by atoms with Crippen molar-refractivity contribution in [3.63, 3.8) is 0 Å². The van der Waals surface area contributed by atoms with Crippen LogP contribution in [0.3, 0.4) is 0 Å². The summed E-state index contributed by atoms with van der Waals surface area (Å²) in [5.41, 5.74) is 2.31. The Kier molecular flexibility index (Phi) is 9.11. The maximum Gasteiger partial charge on any atom is 1.00 e. The van der Waals surface area contributed by atoms with Gasteiger partial charge in [-0.25, -0.2) is 0 Å². The minimum absolute atomic E-state index is 0. The van der Waals surface area contributed by atoms with Crippen molar-refractivity contribution in [3.8, 4) is 5.75 Å². The molecule has 0 saturated carbocycles. The van der Waals surface area contributed by atoms with Crippen LogP contribution in [0.15, 0.2) is 42.5 Å². The third-order valence-corrected chi connectivity index (χ3v) is 3.43. The SMILES string of the molecule is Cc1cccc2c1=CC(=O)C=2.O=S(=O)(O)O.[Na+].[c-]1ccc2c(c1)OCC=C2. The summed E-state index contributed by atoms with van der Waals surface area (Å²) in [4.78, 5) is 10.9. The zero-order valence-corrected chi connectivity index (χ0v) is 17.7. The number of carbonyl (C=O) groups excluding carboxylic acids is 1. The van der Waals surface area contributed by atoms with E-state index in [9.17, 15) is 4.79 Å². The quantitative estimate of drug-likeness (QED) is 0.316. The summed E-state index contributed by atoms with van der Waals surface area (Å²) in [6.07, 6.45) is 7.42. The van der Waals surface area contributed by atoms with Crippen molar-refractivity contribution in [2.24, 2.45) is 0 Å². The van der Waals surface area contributed by atoms with Gasteiger partial charge in [0.15, 0.2) is 5.78 Å². The Morgan fingerprint density at radius 1 is 1.15 bits per heavy atom. The van der Waals surface area contributed by atoms with Gasteiger partial charge in [0.25, 0.3) is 0 Å². The first kappa shape index (κ1) is 23.3. The van der Waals surface area contributed by atoms with Gasteiger partial charge in [0.2, 0.25) is 0 Å². The molecule has 0 bridgehead atoms. The maximum absolute atomic E-state index is 10.9. The van der Waals surface area contributed by atoms with Crippen molar-refractivity contribution in [3.05, 3.63) is 70.1 Å². The van der Waals surface area contributed by atoms with Crippen molar-refractivity contribution >= 4 is 34.4 Å². The van der Waals surface area contributed by atoms with Crippen LogP contribution in [0, 0.1) is 13.0 Å². The monoisotopic (exact) mass is 396 g/mol. The van der Waals surface area contributed by atoms with Gasteiger partial charge in [-0.2, -0.15) is 26.6 Å². The molecule has 8 heteroatoms. The second kappa shape index (κ2) is 10.6. The van der Waals surface area contributed by atoms with E-state index in [1.165, 1.54) is 5.56 Å². The molecule has 2 aliphatic rings. The number of hydrogen-bond acceptors (Lipinski definition) is 4. The van der Waals surface area contributed by atoms with E-state index in [-0.39, 0.29) is 35.3 Å². The molecule has 0 aromatic heterocycles. The smallest absolute Gasteiger partial charge is 0.547 e. The minimum Gasteiger partial charge on any atom is -0.547 e. The van der Waals surface area contributed by atoms with E-state index in [0.29, 0.717) is 6.61 Å². The third-order valence-electron chi connectivity index (χ3n) is 3.43. The molecule has 2 N–H and O–H groups in total. The molecule has 0 amide bonds. The molecule has 27 heavy (non-hydrogen) atoms. The number of ether oxygens (including phenoxy) is 1. The summed E-state index contributed by atoms with van der Waals surface area (Å²) in [6.45, 7) is 2.70. The molecule has 0 spiro atoms. The molecule has 1 aliphatic heterocycles. The maximum atomic E-state index is 10.9. The molecular formula is C19H17NaO6S. The van der Waals surface area contributed by atoms with Crippen LogP contribution in [-0.4, -0.2) is 29.9 Å². The molecule has 0 unspecified atom stereocenters. The molecule has 1 heterocycles. The molecule has 136 valence electrons. The van der Waals surface area contributed by atoms with Gasteiger partial charge in [0.1, 0.15) is 0 Å². The number of aryl methyl sites for hydroxylation is 1. The van der Waals surface area contributed by atoms with E-state index in [2.05, 4.69) is 12.1 Å². The normalized spacial score (nSPS) is 12.9. The van der Waals surface area contributed by atoms with Crippen LogP contribution >= 0.6 is 0 Å². The van der Waals surface area contributed by atoms with Gasteiger partial charge in [-0.3, -0.25) is 13.9 Å². The molecule has 0 radical (unpaired) electrons. The molecule has 1 aliphatic carbocycles. The summed E-state index contributed by atoms with van der Waals surface area (Å²) in [6, 6.07) is 14.6. The number of carbonyl (C=O) groups is 1. The molecule has 0 saturated heterocycles. The first-order valence-electron chi connectivity index (χ1n) is 7.56. The van der Waals surface area contributed by atoms with Crippen molar-refractivity contribution in [1.82, 2.24) is 0 Å². The second-order valence-electron chi connectivity index (χ2n) is 5.39. The van der Waals surface area contributed by atoms with Gasteiger partial charge in [-0.05, 0) is 35.1 Å². The van der Waals surface area contributed by atoms with E-state index >= 15 is 0 Å².